The Morgan fingerprint density at radius 3 is 2.95 bits per heavy atom. The zero-order valence-electron chi connectivity index (χ0n) is 10.9. The van der Waals surface area contributed by atoms with E-state index < -0.39 is 0 Å². The zero-order chi connectivity index (χ0) is 14.5. The van der Waals surface area contributed by atoms with Gasteiger partial charge in [0.2, 0.25) is 0 Å². The number of benzene rings is 1. The highest BCUT2D eigenvalue weighted by Crippen LogP contribution is 2.35. The molecule has 6 heteroatoms. The van der Waals surface area contributed by atoms with Gasteiger partial charge in [0.05, 0.1) is 28.8 Å². The number of halogens is 2. The summed E-state index contributed by atoms with van der Waals surface area (Å²) in [5.41, 5.74) is 1.67. The second kappa shape index (κ2) is 7.07. The number of nitrogens with zero attached hydrogens (tertiary/aromatic N) is 1. The van der Waals surface area contributed by atoms with Gasteiger partial charge in [-0.05, 0) is 13.0 Å². The predicted octanol–water partition coefficient (Wildman–Crippen LogP) is 4.61. The van der Waals surface area contributed by atoms with Crippen LogP contribution in [0.2, 0.25) is 10.0 Å². The summed E-state index contributed by atoms with van der Waals surface area (Å²) in [6, 6.07) is 5.45. The average Bonchev–Trinajstić information content (AvgIpc) is 2.89. The SMILES string of the molecule is CCOC(=O)CCc1csc(-c2cccc(Cl)c2Cl)n1. The van der Waals surface area contributed by atoms with Crippen molar-refractivity contribution < 1.29 is 9.53 Å². The zero-order valence-corrected chi connectivity index (χ0v) is 13.2. The average molecular weight is 330 g/mol. The van der Waals surface area contributed by atoms with Crippen LogP contribution in [-0.4, -0.2) is 17.6 Å². The summed E-state index contributed by atoms with van der Waals surface area (Å²) < 4.78 is 4.89. The van der Waals surface area contributed by atoms with E-state index in [0.717, 1.165) is 16.3 Å². The Bertz CT molecular complexity index is 613. The van der Waals surface area contributed by atoms with E-state index in [0.29, 0.717) is 29.5 Å². The molecule has 0 radical (unpaired) electrons. The highest BCUT2D eigenvalue weighted by molar-refractivity contribution is 7.13. The molecule has 1 aromatic heterocycles. The fraction of sp³-hybridized carbons (Fsp3) is 0.286. The normalized spacial score (nSPS) is 10.6. The molecule has 3 nitrogen and oxygen atoms in total. The first-order chi connectivity index (χ1) is 9.61. The lowest BCUT2D eigenvalue weighted by Crippen LogP contribution is -2.05. The lowest BCUT2D eigenvalue weighted by Gasteiger charge is -2.02. The summed E-state index contributed by atoms with van der Waals surface area (Å²) in [7, 11) is 0. The van der Waals surface area contributed by atoms with E-state index in [1.807, 2.05) is 17.5 Å². The van der Waals surface area contributed by atoms with Crippen molar-refractivity contribution in [2.75, 3.05) is 6.61 Å². The van der Waals surface area contributed by atoms with Crippen LogP contribution in [-0.2, 0) is 16.0 Å². The molecule has 20 heavy (non-hydrogen) atoms. The molecule has 0 saturated heterocycles. The standard InChI is InChI=1S/C14H13Cl2NO2S/c1-2-19-12(18)7-6-9-8-20-14(17-9)10-4-3-5-11(15)13(10)16/h3-5,8H,2,6-7H2,1H3. The number of aromatic nitrogens is 1. The molecule has 0 bridgehead atoms. The molecule has 2 rings (SSSR count). The van der Waals surface area contributed by atoms with Crippen molar-refractivity contribution in [3.8, 4) is 10.6 Å². The number of hydrogen-bond donors (Lipinski definition) is 0. The minimum absolute atomic E-state index is 0.206. The summed E-state index contributed by atoms with van der Waals surface area (Å²) in [6.45, 7) is 2.19. The monoisotopic (exact) mass is 329 g/mol. The molecule has 0 amide bonds. The van der Waals surface area contributed by atoms with Crippen LogP contribution in [0.3, 0.4) is 0 Å². The molecule has 0 N–H and O–H groups in total. The van der Waals surface area contributed by atoms with Crippen molar-refractivity contribution in [3.63, 3.8) is 0 Å². The Balaban J connectivity index is 2.09. The third-order valence-corrected chi connectivity index (χ3v) is 4.37. The number of esters is 1. The van der Waals surface area contributed by atoms with Gasteiger partial charge in [-0.1, -0.05) is 35.3 Å². The maximum absolute atomic E-state index is 11.3. The van der Waals surface area contributed by atoms with Crippen LogP contribution in [0.4, 0.5) is 0 Å². The van der Waals surface area contributed by atoms with Crippen LogP contribution in [0.25, 0.3) is 10.6 Å². The van der Waals surface area contributed by atoms with Crippen LogP contribution in [0.15, 0.2) is 23.6 Å². The van der Waals surface area contributed by atoms with Gasteiger partial charge in [0.25, 0.3) is 0 Å². The molecular weight excluding hydrogens is 317 g/mol. The highest BCUT2D eigenvalue weighted by Gasteiger charge is 2.11. The van der Waals surface area contributed by atoms with Gasteiger partial charge in [0.1, 0.15) is 5.01 Å². The van der Waals surface area contributed by atoms with Gasteiger partial charge in [-0.2, -0.15) is 0 Å². The summed E-state index contributed by atoms with van der Waals surface area (Å²) in [5, 5.41) is 3.73. The van der Waals surface area contributed by atoms with Gasteiger partial charge >= 0.3 is 5.97 Å². The van der Waals surface area contributed by atoms with Gasteiger partial charge in [0, 0.05) is 17.4 Å². The Morgan fingerprint density at radius 1 is 1.40 bits per heavy atom. The van der Waals surface area contributed by atoms with Crippen molar-refractivity contribution in [3.05, 3.63) is 39.3 Å². The predicted molar refractivity (Wildman–Crippen MR) is 82.5 cm³/mol. The van der Waals surface area contributed by atoms with E-state index >= 15 is 0 Å². The first-order valence-corrected chi connectivity index (χ1v) is 7.79. The Kier molecular flexibility index (Phi) is 5.40. The quantitative estimate of drug-likeness (QED) is 0.752. The molecule has 1 heterocycles. The van der Waals surface area contributed by atoms with Crippen molar-refractivity contribution in [2.24, 2.45) is 0 Å². The van der Waals surface area contributed by atoms with Crippen molar-refractivity contribution in [1.29, 1.82) is 0 Å². The fourth-order valence-corrected chi connectivity index (χ4v) is 3.01. The van der Waals surface area contributed by atoms with Crippen LogP contribution >= 0.6 is 34.5 Å². The van der Waals surface area contributed by atoms with Crippen molar-refractivity contribution >= 4 is 40.5 Å². The van der Waals surface area contributed by atoms with E-state index in [2.05, 4.69) is 4.98 Å². The maximum atomic E-state index is 11.3. The number of carbonyl (C=O) groups is 1. The molecule has 0 spiro atoms. The number of ether oxygens (including phenoxy) is 1. The third kappa shape index (κ3) is 3.72. The largest absolute Gasteiger partial charge is 0.466 e. The second-order valence-corrected chi connectivity index (χ2v) is 5.69. The minimum atomic E-state index is -0.206. The molecule has 0 unspecified atom stereocenters. The van der Waals surface area contributed by atoms with Crippen LogP contribution in [0, 0.1) is 0 Å². The van der Waals surface area contributed by atoms with Crippen LogP contribution < -0.4 is 0 Å². The summed E-state index contributed by atoms with van der Waals surface area (Å²) in [4.78, 5) is 15.8. The molecule has 2 aromatic rings. The summed E-state index contributed by atoms with van der Waals surface area (Å²) in [5.74, 6) is -0.206. The van der Waals surface area contributed by atoms with E-state index in [-0.39, 0.29) is 5.97 Å². The summed E-state index contributed by atoms with van der Waals surface area (Å²) in [6.07, 6.45) is 0.897. The molecule has 0 aliphatic heterocycles. The second-order valence-electron chi connectivity index (χ2n) is 4.05. The number of hydrogen-bond acceptors (Lipinski definition) is 4. The van der Waals surface area contributed by atoms with Crippen molar-refractivity contribution in [1.82, 2.24) is 4.98 Å². The fourth-order valence-electron chi connectivity index (χ4n) is 1.68. The van der Waals surface area contributed by atoms with Crippen molar-refractivity contribution in [2.45, 2.75) is 19.8 Å². The Hall–Kier alpha value is -1.10. The number of rotatable bonds is 5. The molecule has 0 aliphatic rings. The Labute approximate surface area is 131 Å². The van der Waals surface area contributed by atoms with Crippen LogP contribution in [0.1, 0.15) is 19.0 Å². The molecule has 0 fully saturated rings. The molecular formula is C14H13Cl2NO2S. The Morgan fingerprint density at radius 2 is 2.20 bits per heavy atom. The molecule has 0 saturated carbocycles. The van der Waals surface area contributed by atoms with Gasteiger partial charge in [-0.25, -0.2) is 4.98 Å². The molecule has 1 aromatic carbocycles. The molecule has 0 aliphatic carbocycles. The van der Waals surface area contributed by atoms with E-state index in [4.69, 9.17) is 27.9 Å². The number of carbonyl (C=O) groups excluding carboxylic acids is 1. The maximum Gasteiger partial charge on any atom is 0.306 e. The van der Waals surface area contributed by atoms with E-state index in [1.165, 1.54) is 11.3 Å². The van der Waals surface area contributed by atoms with E-state index in [1.54, 1.807) is 13.0 Å². The van der Waals surface area contributed by atoms with Gasteiger partial charge in [0.15, 0.2) is 0 Å². The van der Waals surface area contributed by atoms with Gasteiger partial charge < -0.3 is 4.74 Å². The minimum Gasteiger partial charge on any atom is -0.466 e. The summed E-state index contributed by atoms with van der Waals surface area (Å²) >= 11 is 13.6. The topological polar surface area (TPSA) is 39.2 Å². The van der Waals surface area contributed by atoms with E-state index in [9.17, 15) is 4.79 Å². The van der Waals surface area contributed by atoms with Gasteiger partial charge in [-0.15, -0.1) is 11.3 Å². The lowest BCUT2D eigenvalue weighted by molar-refractivity contribution is -0.143. The smallest absolute Gasteiger partial charge is 0.306 e. The van der Waals surface area contributed by atoms with Gasteiger partial charge in [-0.3, -0.25) is 4.79 Å². The molecule has 0 atom stereocenters. The third-order valence-electron chi connectivity index (χ3n) is 2.62. The lowest BCUT2D eigenvalue weighted by atomic mass is 10.2. The first kappa shape index (κ1) is 15.3. The number of thiazole rings is 1. The van der Waals surface area contributed by atoms with Crippen LogP contribution in [0.5, 0.6) is 0 Å². The highest BCUT2D eigenvalue weighted by atomic mass is 35.5. The number of aryl methyl sites for hydroxylation is 1. The molecule has 106 valence electrons. The first-order valence-electron chi connectivity index (χ1n) is 6.16.